The number of ether oxygens (including phenoxy) is 2. The largest absolute Gasteiger partial charge is 0.465 e. The predicted octanol–water partition coefficient (Wildman–Crippen LogP) is 5.43. The van der Waals surface area contributed by atoms with E-state index in [0.717, 1.165) is 7.94 Å². The smallest absolute Gasteiger partial charge is 0.340 e. The first kappa shape index (κ1) is 30.8. The van der Waals surface area contributed by atoms with Gasteiger partial charge < -0.3 is 9.47 Å². The summed E-state index contributed by atoms with van der Waals surface area (Å²) in [7, 11) is -6.14. The van der Waals surface area contributed by atoms with Crippen LogP contribution >= 0.6 is 0 Å². The molecule has 0 N–H and O–H groups in total. The Balaban J connectivity index is 1.64. The molecule has 0 unspecified atom stereocenters. The minimum Gasteiger partial charge on any atom is -0.465 e. The van der Waals surface area contributed by atoms with Crippen LogP contribution in [0.3, 0.4) is 0 Å². The van der Waals surface area contributed by atoms with E-state index >= 15 is 0 Å². The van der Waals surface area contributed by atoms with Gasteiger partial charge in [0.05, 0.1) is 57.6 Å². The second-order valence-electron chi connectivity index (χ2n) is 10.3. The van der Waals surface area contributed by atoms with Gasteiger partial charge in [0.15, 0.2) is 0 Å². The van der Waals surface area contributed by atoms with Gasteiger partial charge in [-0.15, -0.1) is 0 Å². The molecule has 0 saturated carbocycles. The van der Waals surface area contributed by atoms with E-state index in [-0.39, 0.29) is 56.2 Å². The van der Waals surface area contributed by atoms with E-state index in [1.807, 2.05) is 0 Å². The number of fused-ring (bicyclic) bond motifs is 2. The van der Waals surface area contributed by atoms with Gasteiger partial charge in [-0.3, -0.25) is 0 Å². The summed E-state index contributed by atoms with van der Waals surface area (Å²) in [5, 5.41) is 0.684. The average Bonchev–Trinajstić information content (AvgIpc) is 3.61. The van der Waals surface area contributed by atoms with Crippen LogP contribution in [0.15, 0.2) is 119 Å². The summed E-state index contributed by atoms with van der Waals surface area (Å²) >= 11 is 0. The number of hydrogen-bond donors (Lipinski definition) is 0. The molecule has 234 valence electrons. The Kier molecular flexibility index (Phi) is 8.01. The highest BCUT2D eigenvalue weighted by atomic mass is 32.2. The first-order chi connectivity index (χ1) is 22.1. The summed E-state index contributed by atoms with van der Waals surface area (Å²) in [6.07, 6.45) is -0.342. The number of nitrogens with zero attached hydrogens (tertiary/aromatic N) is 2. The molecule has 6 rings (SSSR count). The topological polar surface area (TPSA) is 131 Å². The van der Waals surface area contributed by atoms with Crippen molar-refractivity contribution in [1.82, 2.24) is 7.94 Å². The highest BCUT2D eigenvalue weighted by Crippen LogP contribution is 2.35. The Labute approximate surface area is 265 Å². The molecule has 46 heavy (non-hydrogen) atoms. The van der Waals surface area contributed by atoms with Crippen LogP contribution in [0.25, 0.3) is 21.8 Å². The molecule has 0 saturated heterocycles. The van der Waals surface area contributed by atoms with Gasteiger partial charge in [-0.2, -0.15) is 0 Å². The van der Waals surface area contributed by atoms with E-state index in [4.69, 9.17) is 9.47 Å². The number of carbonyl (C=O) groups excluding carboxylic acids is 2. The van der Waals surface area contributed by atoms with Crippen molar-refractivity contribution in [1.29, 1.82) is 0 Å². The van der Waals surface area contributed by atoms with E-state index in [1.165, 1.54) is 38.5 Å². The number of esters is 2. The second-order valence-corrected chi connectivity index (χ2v) is 13.9. The fourth-order valence-corrected chi connectivity index (χ4v) is 9.03. The zero-order valence-electron chi connectivity index (χ0n) is 24.8. The third kappa shape index (κ3) is 4.95. The number of methoxy groups -OCH3 is 2. The van der Waals surface area contributed by atoms with Crippen molar-refractivity contribution in [3.63, 3.8) is 0 Å². The molecule has 0 radical (unpaired) electrons. The summed E-state index contributed by atoms with van der Waals surface area (Å²) in [6, 6.07) is 28.6. The molecule has 12 heteroatoms. The fourth-order valence-electron chi connectivity index (χ4n) is 5.82. The van der Waals surface area contributed by atoms with Crippen LogP contribution < -0.4 is 0 Å². The first-order valence-electron chi connectivity index (χ1n) is 14.2. The van der Waals surface area contributed by atoms with Gasteiger partial charge in [0.2, 0.25) is 0 Å². The van der Waals surface area contributed by atoms with Gasteiger partial charge in [0, 0.05) is 10.8 Å². The summed E-state index contributed by atoms with van der Waals surface area (Å²) in [6.45, 7) is 0. The molecule has 10 nitrogen and oxygen atoms in total. The minimum atomic E-state index is -4.27. The second kappa shape index (κ2) is 12.0. The molecule has 0 amide bonds. The maximum absolute atomic E-state index is 14.2. The monoisotopic (exact) mass is 656 g/mol. The van der Waals surface area contributed by atoms with Crippen LogP contribution in [0.4, 0.5) is 0 Å². The lowest BCUT2D eigenvalue weighted by Crippen LogP contribution is -2.21. The van der Waals surface area contributed by atoms with Crippen LogP contribution in [0.5, 0.6) is 0 Å². The van der Waals surface area contributed by atoms with E-state index in [2.05, 4.69) is 0 Å². The summed E-state index contributed by atoms with van der Waals surface area (Å²) in [4.78, 5) is 26.6. The quantitative estimate of drug-likeness (QED) is 0.188. The van der Waals surface area contributed by atoms with Crippen molar-refractivity contribution in [2.24, 2.45) is 0 Å². The highest BCUT2D eigenvalue weighted by Gasteiger charge is 2.33. The zero-order chi connectivity index (χ0) is 32.6. The number of hydrogen-bond acceptors (Lipinski definition) is 8. The lowest BCUT2D eigenvalue weighted by atomic mass is 10.0. The zero-order valence-corrected chi connectivity index (χ0v) is 26.4. The van der Waals surface area contributed by atoms with Gasteiger partial charge in [0.25, 0.3) is 20.0 Å². The Morgan fingerprint density at radius 1 is 0.522 bits per heavy atom. The van der Waals surface area contributed by atoms with E-state index < -0.39 is 32.0 Å². The molecule has 2 heterocycles. The Bertz CT molecular complexity index is 2180. The predicted molar refractivity (Wildman–Crippen MR) is 172 cm³/mol. The summed E-state index contributed by atoms with van der Waals surface area (Å²) < 4.78 is 69.3. The average molecular weight is 657 g/mol. The van der Waals surface area contributed by atoms with Crippen molar-refractivity contribution in [2.45, 2.75) is 22.6 Å². The van der Waals surface area contributed by atoms with Gasteiger partial charge in [-0.05, 0) is 49.2 Å². The van der Waals surface area contributed by atoms with E-state index in [1.54, 1.807) is 84.9 Å². The molecule has 0 aliphatic rings. The molecule has 0 bridgehead atoms. The SMILES string of the molecule is COC(=O)c1c(CCc2c(C(=O)OC)c3ccccc3n2S(=O)(=O)c2ccccc2)n(S(=O)(=O)c2ccccc2)c2ccccc12. The van der Waals surface area contributed by atoms with Crippen LogP contribution in [0.2, 0.25) is 0 Å². The Morgan fingerprint density at radius 3 is 1.20 bits per heavy atom. The van der Waals surface area contributed by atoms with Gasteiger partial charge >= 0.3 is 11.9 Å². The molecular weight excluding hydrogens is 629 g/mol. The summed E-state index contributed by atoms with van der Waals surface area (Å²) in [5.74, 6) is -1.53. The molecule has 0 fully saturated rings. The first-order valence-corrected chi connectivity index (χ1v) is 17.0. The van der Waals surface area contributed by atoms with Crippen molar-refractivity contribution in [2.75, 3.05) is 14.2 Å². The van der Waals surface area contributed by atoms with Crippen molar-refractivity contribution >= 4 is 53.8 Å². The van der Waals surface area contributed by atoms with Crippen LogP contribution in [0, 0.1) is 0 Å². The molecule has 2 aromatic heterocycles. The maximum Gasteiger partial charge on any atom is 0.340 e. The molecule has 0 spiro atoms. The lowest BCUT2D eigenvalue weighted by molar-refractivity contribution is 0.0591. The fraction of sp³-hybridized carbons (Fsp3) is 0.118. The molecule has 6 aromatic rings. The number of carbonyl (C=O) groups is 2. The molecule has 0 atom stereocenters. The summed E-state index contributed by atoms with van der Waals surface area (Å²) in [5.41, 5.74) is 0.666. The third-order valence-electron chi connectivity index (χ3n) is 7.79. The molecule has 0 aliphatic carbocycles. The number of rotatable bonds is 9. The van der Waals surface area contributed by atoms with Gasteiger partial charge in [0.1, 0.15) is 0 Å². The molecular formula is C34H28N2O8S2. The van der Waals surface area contributed by atoms with Crippen LogP contribution in [-0.2, 0) is 42.4 Å². The Hall–Kier alpha value is -5.20. The Morgan fingerprint density at radius 2 is 0.848 bits per heavy atom. The number of benzene rings is 4. The normalized spacial score (nSPS) is 12.0. The van der Waals surface area contributed by atoms with Crippen LogP contribution in [-0.4, -0.2) is 50.9 Å². The maximum atomic E-state index is 14.2. The molecule has 0 aliphatic heterocycles. The van der Waals surface area contributed by atoms with Gasteiger partial charge in [-0.1, -0.05) is 72.8 Å². The van der Waals surface area contributed by atoms with E-state index in [9.17, 15) is 26.4 Å². The number of aromatic nitrogens is 2. The van der Waals surface area contributed by atoms with Crippen molar-refractivity contribution < 1.29 is 35.9 Å². The number of para-hydroxylation sites is 2. The minimum absolute atomic E-state index is 0.00978. The third-order valence-corrected chi connectivity index (χ3v) is 11.3. The highest BCUT2D eigenvalue weighted by molar-refractivity contribution is 7.90. The van der Waals surface area contributed by atoms with Crippen molar-refractivity contribution in [3.05, 3.63) is 132 Å². The van der Waals surface area contributed by atoms with Crippen molar-refractivity contribution in [3.8, 4) is 0 Å². The molecule has 4 aromatic carbocycles. The van der Waals surface area contributed by atoms with Gasteiger partial charge in [-0.25, -0.2) is 34.4 Å². The van der Waals surface area contributed by atoms with Crippen LogP contribution in [0.1, 0.15) is 32.1 Å². The van der Waals surface area contributed by atoms with E-state index in [0.29, 0.717) is 10.8 Å². The lowest BCUT2D eigenvalue weighted by Gasteiger charge is -2.15. The standard InChI is InChI=1S/C34H28N2O8S2/c1-43-33(37)31-25-17-9-11-19-27(25)35(45(39,40)23-13-5-3-6-14-23)29(31)21-22-30-32(34(38)44-2)26-18-10-12-20-28(26)36(30)46(41,42)24-15-7-4-8-16-24/h3-20H,21-22H2,1-2H3.